The molecule has 1 N–H and O–H groups in total. The molecule has 0 bridgehead atoms. The van der Waals surface area contributed by atoms with Crippen LogP contribution >= 0.6 is 0 Å². The van der Waals surface area contributed by atoms with Gasteiger partial charge in [0.05, 0.1) is 23.8 Å². The molecule has 224 valence electrons. The lowest BCUT2D eigenvalue weighted by Gasteiger charge is -2.21. The number of likely N-dealkylation sites (tertiary alicyclic amines) is 1. The molecule has 0 amide bonds. The van der Waals surface area contributed by atoms with Crippen molar-refractivity contribution >= 4 is 22.8 Å². The molecule has 0 radical (unpaired) electrons. The Kier molecular flexibility index (Phi) is 8.34. The van der Waals surface area contributed by atoms with Gasteiger partial charge in [-0.25, -0.2) is 4.98 Å². The number of nitrogens with one attached hydrogen (secondary N) is 1. The number of benzene rings is 2. The lowest BCUT2D eigenvalue weighted by Crippen LogP contribution is -2.31. The maximum atomic E-state index is 13.4. The first kappa shape index (κ1) is 29.4. The number of aromatic nitrogens is 4. The molecule has 0 saturated carbocycles. The van der Waals surface area contributed by atoms with Crippen LogP contribution in [0, 0.1) is 25.7 Å². The van der Waals surface area contributed by atoms with Gasteiger partial charge in [-0.15, -0.1) is 0 Å². The van der Waals surface area contributed by atoms with Crippen molar-refractivity contribution in [2.45, 2.75) is 39.3 Å². The van der Waals surface area contributed by atoms with Crippen molar-refractivity contribution in [2.75, 3.05) is 32.5 Å². The molecular formula is C36H39N7O. The Morgan fingerprint density at radius 3 is 2.68 bits per heavy atom. The second kappa shape index (κ2) is 12.5. The number of hydrogen-bond acceptors (Lipinski definition) is 6. The Bertz CT molecular complexity index is 1890. The predicted molar refractivity (Wildman–Crippen MR) is 175 cm³/mol. The SMILES string of the molecule is Cc1ccc(C(=O)Cc2ccc(CN3CC[C@@H](N(C)C)C3)c(C)c2)cc1C#Cc1cnc2c(Nc3cnn(C)c3)cccn12. The summed E-state index contributed by atoms with van der Waals surface area (Å²) in [5, 5.41) is 7.60. The van der Waals surface area contributed by atoms with E-state index in [-0.39, 0.29) is 5.78 Å². The van der Waals surface area contributed by atoms with Gasteiger partial charge in [-0.3, -0.25) is 18.8 Å². The molecule has 8 nitrogen and oxygen atoms in total. The van der Waals surface area contributed by atoms with Gasteiger partial charge in [0.15, 0.2) is 11.4 Å². The summed E-state index contributed by atoms with van der Waals surface area (Å²) in [6, 6.07) is 16.8. The number of carbonyl (C=O) groups excluding carboxylic acids is 1. The van der Waals surface area contributed by atoms with Crippen LogP contribution in [-0.4, -0.2) is 68.0 Å². The van der Waals surface area contributed by atoms with Gasteiger partial charge in [-0.2, -0.15) is 5.10 Å². The van der Waals surface area contributed by atoms with Gasteiger partial charge in [0.1, 0.15) is 5.69 Å². The van der Waals surface area contributed by atoms with Crippen molar-refractivity contribution in [2.24, 2.45) is 7.05 Å². The van der Waals surface area contributed by atoms with E-state index < -0.39 is 0 Å². The monoisotopic (exact) mass is 585 g/mol. The summed E-state index contributed by atoms with van der Waals surface area (Å²) in [5.41, 5.74) is 9.46. The van der Waals surface area contributed by atoms with E-state index in [2.05, 4.69) is 76.3 Å². The third-order valence-electron chi connectivity index (χ3n) is 8.55. The average Bonchev–Trinajstić information content (AvgIpc) is 3.75. The van der Waals surface area contributed by atoms with Crippen molar-refractivity contribution in [3.63, 3.8) is 0 Å². The van der Waals surface area contributed by atoms with Crippen molar-refractivity contribution in [3.05, 3.63) is 112 Å². The van der Waals surface area contributed by atoms with E-state index in [0.29, 0.717) is 18.0 Å². The van der Waals surface area contributed by atoms with E-state index in [1.165, 1.54) is 17.5 Å². The standard InChI is InChI=1S/C36H39N7O/c1-25-8-10-29(35(44)18-27-9-11-30(26(2)17-27)22-42-16-14-33(24-42)40(3)4)19-28(25)12-13-32-21-37-36-34(7-6-15-43(32)36)39-31-20-38-41(5)23-31/h6-11,15,17,19-21,23,33,39H,14,16,18,22,24H2,1-5H3/t33-/m1/s1. The summed E-state index contributed by atoms with van der Waals surface area (Å²) in [5.74, 6) is 6.66. The van der Waals surface area contributed by atoms with Gasteiger partial charge in [-0.05, 0) is 80.7 Å². The van der Waals surface area contributed by atoms with Crippen LogP contribution in [0.1, 0.15) is 50.3 Å². The van der Waals surface area contributed by atoms with E-state index in [9.17, 15) is 4.79 Å². The number of pyridine rings is 1. The van der Waals surface area contributed by atoms with E-state index >= 15 is 0 Å². The van der Waals surface area contributed by atoms with Gasteiger partial charge < -0.3 is 10.2 Å². The number of ketones is 1. The third-order valence-corrected chi connectivity index (χ3v) is 8.55. The smallest absolute Gasteiger partial charge is 0.167 e. The van der Waals surface area contributed by atoms with Crippen LogP contribution in [0.5, 0.6) is 0 Å². The molecule has 6 rings (SSSR count). The number of nitrogens with zero attached hydrogens (tertiary/aromatic N) is 6. The van der Waals surface area contributed by atoms with E-state index in [1.54, 1.807) is 17.1 Å². The Labute approximate surface area is 259 Å². The number of aryl methyl sites for hydroxylation is 3. The lowest BCUT2D eigenvalue weighted by molar-refractivity contribution is 0.0993. The zero-order valence-corrected chi connectivity index (χ0v) is 26.1. The van der Waals surface area contributed by atoms with E-state index in [1.807, 2.05) is 61.1 Å². The Morgan fingerprint density at radius 2 is 1.93 bits per heavy atom. The molecule has 2 aromatic carbocycles. The number of carbonyl (C=O) groups is 1. The topological polar surface area (TPSA) is 70.7 Å². The summed E-state index contributed by atoms with van der Waals surface area (Å²) < 4.78 is 3.71. The zero-order valence-electron chi connectivity index (χ0n) is 26.1. The molecule has 0 spiro atoms. The molecule has 0 unspecified atom stereocenters. The first-order valence-corrected chi connectivity index (χ1v) is 15.1. The second-order valence-corrected chi connectivity index (χ2v) is 12.1. The van der Waals surface area contributed by atoms with Gasteiger partial charge >= 0.3 is 0 Å². The van der Waals surface area contributed by atoms with Crippen molar-refractivity contribution in [1.29, 1.82) is 0 Å². The van der Waals surface area contributed by atoms with Crippen LogP contribution in [0.3, 0.4) is 0 Å². The first-order chi connectivity index (χ1) is 21.2. The van der Waals surface area contributed by atoms with E-state index in [4.69, 9.17) is 0 Å². The Hall–Kier alpha value is -4.71. The number of Topliss-reactive ketones (excluding diaryl/α,β-unsaturated/α-hetero) is 1. The van der Waals surface area contributed by atoms with Crippen LogP contribution in [0.4, 0.5) is 11.4 Å². The molecule has 1 fully saturated rings. The minimum absolute atomic E-state index is 0.0921. The predicted octanol–water partition coefficient (Wildman–Crippen LogP) is 5.39. The highest BCUT2D eigenvalue weighted by molar-refractivity contribution is 5.98. The molecule has 4 heterocycles. The highest BCUT2D eigenvalue weighted by atomic mass is 16.1. The van der Waals surface area contributed by atoms with Crippen LogP contribution < -0.4 is 5.32 Å². The summed E-state index contributed by atoms with van der Waals surface area (Å²) in [6.45, 7) is 7.36. The van der Waals surface area contributed by atoms with Crippen molar-refractivity contribution < 1.29 is 4.79 Å². The zero-order chi connectivity index (χ0) is 30.8. The van der Waals surface area contributed by atoms with E-state index in [0.717, 1.165) is 59.0 Å². The number of imidazole rings is 1. The quantitative estimate of drug-likeness (QED) is 0.195. The van der Waals surface area contributed by atoms with Crippen LogP contribution in [0.2, 0.25) is 0 Å². The van der Waals surface area contributed by atoms with Crippen LogP contribution in [-0.2, 0) is 20.0 Å². The van der Waals surface area contributed by atoms with Gasteiger partial charge in [0, 0.05) is 62.7 Å². The molecule has 5 aromatic rings. The summed E-state index contributed by atoms with van der Waals surface area (Å²) in [7, 11) is 6.21. The van der Waals surface area contributed by atoms with Crippen LogP contribution in [0.15, 0.2) is 73.3 Å². The second-order valence-electron chi connectivity index (χ2n) is 12.1. The molecule has 1 atom stereocenters. The van der Waals surface area contributed by atoms with Gasteiger partial charge in [0.25, 0.3) is 0 Å². The highest BCUT2D eigenvalue weighted by Crippen LogP contribution is 2.23. The molecule has 0 aliphatic carbocycles. The molecular weight excluding hydrogens is 546 g/mol. The average molecular weight is 586 g/mol. The lowest BCUT2D eigenvalue weighted by atomic mass is 9.97. The highest BCUT2D eigenvalue weighted by Gasteiger charge is 2.24. The minimum atomic E-state index is 0.0921. The number of rotatable bonds is 8. The molecule has 1 aliphatic heterocycles. The number of anilines is 2. The minimum Gasteiger partial charge on any atom is -0.350 e. The fourth-order valence-electron chi connectivity index (χ4n) is 5.85. The maximum absolute atomic E-state index is 13.4. The van der Waals surface area contributed by atoms with Crippen molar-refractivity contribution in [1.82, 2.24) is 29.0 Å². The normalized spacial score (nSPS) is 15.1. The maximum Gasteiger partial charge on any atom is 0.167 e. The third kappa shape index (κ3) is 6.45. The largest absolute Gasteiger partial charge is 0.350 e. The van der Waals surface area contributed by atoms with Crippen LogP contribution in [0.25, 0.3) is 5.65 Å². The summed E-state index contributed by atoms with van der Waals surface area (Å²) >= 11 is 0. The molecule has 1 aliphatic rings. The number of fused-ring (bicyclic) bond motifs is 1. The van der Waals surface area contributed by atoms with Crippen molar-refractivity contribution in [3.8, 4) is 11.8 Å². The Morgan fingerprint density at radius 1 is 1.07 bits per heavy atom. The first-order valence-electron chi connectivity index (χ1n) is 15.1. The molecule has 1 saturated heterocycles. The molecule has 44 heavy (non-hydrogen) atoms. The Balaban J connectivity index is 1.15. The number of hydrogen-bond donors (Lipinski definition) is 1. The van der Waals surface area contributed by atoms with Gasteiger partial charge in [-0.1, -0.05) is 36.3 Å². The van der Waals surface area contributed by atoms with Gasteiger partial charge in [0.2, 0.25) is 0 Å². The summed E-state index contributed by atoms with van der Waals surface area (Å²) in [6.07, 6.45) is 8.99. The summed E-state index contributed by atoms with van der Waals surface area (Å²) in [4.78, 5) is 22.8. The number of likely N-dealkylation sites (N-methyl/N-ethyl adjacent to an activating group) is 1. The molecule has 3 aromatic heterocycles. The fourth-order valence-corrected chi connectivity index (χ4v) is 5.85. The molecule has 8 heteroatoms. The fraction of sp³-hybridized carbons (Fsp3) is 0.306.